The molecule has 0 saturated heterocycles. The zero-order valence-electron chi connectivity index (χ0n) is 20.1. The zero-order valence-corrected chi connectivity index (χ0v) is 20.1. The third-order valence-corrected chi connectivity index (χ3v) is 6.06. The first kappa shape index (κ1) is 25.4. The summed E-state index contributed by atoms with van der Waals surface area (Å²) < 4.78 is 5.31. The second-order valence-electron chi connectivity index (χ2n) is 9.14. The number of hydrogen-bond donors (Lipinski definition) is 1. The van der Waals surface area contributed by atoms with E-state index in [1.807, 2.05) is 55.5 Å². The van der Waals surface area contributed by atoms with Crippen LogP contribution in [-0.2, 0) is 19.2 Å². The van der Waals surface area contributed by atoms with Crippen LogP contribution in [0.15, 0.2) is 59.8 Å². The summed E-state index contributed by atoms with van der Waals surface area (Å²) in [5, 5.41) is 17.1. The van der Waals surface area contributed by atoms with Gasteiger partial charge in [-0.15, -0.1) is 0 Å². The van der Waals surface area contributed by atoms with Gasteiger partial charge in [0.25, 0.3) is 0 Å². The average molecular weight is 464 g/mol. The van der Waals surface area contributed by atoms with Gasteiger partial charge in [-0.2, -0.15) is 0 Å². The van der Waals surface area contributed by atoms with Crippen LogP contribution in [-0.4, -0.2) is 36.5 Å². The van der Waals surface area contributed by atoms with Gasteiger partial charge < -0.3 is 14.7 Å². The topological polar surface area (TPSA) is 85.2 Å². The summed E-state index contributed by atoms with van der Waals surface area (Å²) in [5.41, 5.74) is -0.0274. The van der Waals surface area contributed by atoms with Crippen molar-refractivity contribution in [3.05, 3.63) is 60.2 Å². The fourth-order valence-electron chi connectivity index (χ4n) is 4.04. The highest BCUT2D eigenvalue weighted by Crippen LogP contribution is 2.30. The molecule has 0 amide bonds. The number of oxime groups is 1. The van der Waals surface area contributed by atoms with E-state index in [1.54, 1.807) is 20.1 Å². The van der Waals surface area contributed by atoms with Gasteiger partial charge in [-0.25, -0.2) is 4.79 Å². The number of carbonyl (C=O) groups is 2. The number of esters is 1. The standard InChI is InChI=1S/C28H33NO5/c1-4-20(26(31)33-16-10-9-15-30)18-28(2,3)27(32)34-29-19-25-23-13-7-5-11-21(23)17-22-12-6-8-14-24(22)25/h5-8,11-14,17,19-20,30H,4,9-10,15-16,18H2,1-3H3/b29-19+. The maximum atomic E-state index is 12.8. The van der Waals surface area contributed by atoms with Crippen molar-refractivity contribution >= 4 is 39.7 Å². The summed E-state index contributed by atoms with van der Waals surface area (Å²) >= 11 is 0. The molecule has 0 aliphatic heterocycles. The maximum Gasteiger partial charge on any atom is 0.340 e. The molecule has 3 aromatic rings. The Morgan fingerprint density at radius 1 is 1.03 bits per heavy atom. The van der Waals surface area contributed by atoms with Gasteiger partial charge in [0.05, 0.1) is 24.2 Å². The van der Waals surface area contributed by atoms with Crippen molar-refractivity contribution in [1.82, 2.24) is 0 Å². The first-order chi connectivity index (χ1) is 16.4. The highest BCUT2D eigenvalue weighted by molar-refractivity contribution is 6.13. The highest BCUT2D eigenvalue weighted by atomic mass is 16.7. The number of carbonyl (C=O) groups excluding carboxylic acids is 2. The average Bonchev–Trinajstić information content (AvgIpc) is 2.84. The number of unbranched alkanes of at least 4 members (excludes halogenated alkanes) is 1. The van der Waals surface area contributed by atoms with Gasteiger partial charge in [0.2, 0.25) is 0 Å². The molecular formula is C28H33NO5. The third kappa shape index (κ3) is 6.20. The van der Waals surface area contributed by atoms with Crippen LogP contribution in [0.3, 0.4) is 0 Å². The van der Waals surface area contributed by atoms with Gasteiger partial charge in [0.1, 0.15) is 0 Å². The quantitative estimate of drug-likeness (QED) is 0.0995. The van der Waals surface area contributed by atoms with Crippen molar-refractivity contribution < 1.29 is 24.3 Å². The number of rotatable bonds is 11. The molecule has 0 heterocycles. The van der Waals surface area contributed by atoms with Crippen molar-refractivity contribution in [2.24, 2.45) is 16.5 Å². The number of nitrogens with zero attached hydrogens (tertiary/aromatic N) is 1. The van der Waals surface area contributed by atoms with E-state index in [-0.39, 0.29) is 19.2 Å². The molecule has 0 spiro atoms. The molecule has 3 aromatic carbocycles. The van der Waals surface area contributed by atoms with Crippen molar-refractivity contribution in [1.29, 1.82) is 0 Å². The van der Waals surface area contributed by atoms with E-state index >= 15 is 0 Å². The molecule has 1 N–H and O–H groups in total. The second kappa shape index (κ2) is 11.7. The molecule has 0 bridgehead atoms. The molecule has 1 atom stereocenters. The Kier molecular flexibility index (Phi) is 8.77. The lowest BCUT2D eigenvalue weighted by molar-refractivity contribution is -0.157. The maximum absolute atomic E-state index is 12.8. The van der Waals surface area contributed by atoms with E-state index in [4.69, 9.17) is 14.7 Å². The van der Waals surface area contributed by atoms with Gasteiger partial charge in [-0.3, -0.25) is 4.79 Å². The largest absolute Gasteiger partial charge is 0.465 e. The lowest BCUT2D eigenvalue weighted by atomic mass is 9.82. The minimum Gasteiger partial charge on any atom is -0.465 e. The van der Waals surface area contributed by atoms with Crippen LogP contribution in [0.2, 0.25) is 0 Å². The van der Waals surface area contributed by atoms with Gasteiger partial charge >= 0.3 is 11.9 Å². The molecule has 0 saturated carbocycles. The van der Waals surface area contributed by atoms with E-state index in [2.05, 4.69) is 11.2 Å². The number of hydrogen-bond acceptors (Lipinski definition) is 6. The van der Waals surface area contributed by atoms with Gasteiger partial charge in [-0.05, 0) is 67.1 Å². The molecule has 0 aliphatic rings. The molecule has 34 heavy (non-hydrogen) atoms. The van der Waals surface area contributed by atoms with Crippen molar-refractivity contribution in [3.8, 4) is 0 Å². The van der Waals surface area contributed by atoms with Crippen molar-refractivity contribution in [3.63, 3.8) is 0 Å². The Bertz CT molecular complexity index is 1110. The molecule has 0 fully saturated rings. The normalized spacial score (nSPS) is 12.8. The summed E-state index contributed by atoms with van der Waals surface area (Å²) in [6, 6.07) is 18.2. The highest BCUT2D eigenvalue weighted by Gasteiger charge is 2.35. The van der Waals surface area contributed by atoms with Crippen LogP contribution in [0.5, 0.6) is 0 Å². The van der Waals surface area contributed by atoms with E-state index in [0.29, 0.717) is 25.7 Å². The Balaban J connectivity index is 1.71. The molecule has 6 nitrogen and oxygen atoms in total. The van der Waals surface area contributed by atoms with Gasteiger partial charge in [0.15, 0.2) is 0 Å². The first-order valence-electron chi connectivity index (χ1n) is 11.8. The van der Waals surface area contributed by atoms with E-state index in [0.717, 1.165) is 27.1 Å². The fraction of sp³-hybridized carbons (Fsp3) is 0.393. The number of ether oxygens (including phenoxy) is 1. The SMILES string of the molecule is CCC(CC(C)(C)C(=O)O/N=C/c1c2ccccc2cc2ccccc12)C(=O)OCCCCO. The molecule has 3 rings (SSSR count). The smallest absolute Gasteiger partial charge is 0.340 e. The number of aliphatic hydroxyl groups is 1. The summed E-state index contributed by atoms with van der Waals surface area (Å²) in [4.78, 5) is 30.6. The molecule has 0 aromatic heterocycles. The van der Waals surface area contributed by atoms with Crippen LogP contribution in [0.25, 0.3) is 21.5 Å². The molecule has 6 heteroatoms. The molecule has 180 valence electrons. The molecular weight excluding hydrogens is 430 g/mol. The van der Waals surface area contributed by atoms with Crippen LogP contribution in [0.1, 0.15) is 52.0 Å². The minimum atomic E-state index is -0.914. The fourth-order valence-corrected chi connectivity index (χ4v) is 4.04. The molecule has 1 unspecified atom stereocenters. The summed E-state index contributed by atoms with van der Waals surface area (Å²) in [6.07, 6.45) is 3.65. The first-order valence-corrected chi connectivity index (χ1v) is 11.8. The summed E-state index contributed by atoms with van der Waals surface area (Å²) in [5.74, 6) is -1.24. The molecule has 0 radical (unpaired) electrons. The number of aliphatic hydroxyl groups excluding tert-OH is 1. The van der Waals surface area contributed by atoms with Crippen LogP contribution in [0.4, 0.5) is 0 Å². The van der Waals surface area contributed by atoms with E-state index < -0.39 is 17.3 Å². The second-order valence-corrected chi connectivity index (χ2v) is 9.14. The van der Waals surface area contributed by atoms with Crippen LogP contribution in [0, 0.1) is 11.3 Å². The van der Waals surface area contributed by atoms with Crippen molar-refractivity contribution in [2.45, 2.75) is 46.5 Å². The lowest BCUT2D eigenvalue weighted by Crippen LogP contribution is -2.31. The van der Waals surface area contributed by atoms with Gasteiger partial charge in [0, 0.05) is 12.2 Å². The third-order valence-electron chi connectivity index (χ3n) is 6.06. The van der Waals surface area contributed by atoms with Gasteiger partial charge in [-0.1, -0.05) is 60.6 Å². The zero-order chi connectivity index (χ0) is 24.6. The predicted molar refractivity (Wildman–Crippen MR) is 135 cm³/mol. The molecule has 0 aliphatic carbocycles. The Morgan fingerprint density at radius 3 is 2.24 bits per heavy atom. The van der Waals surface area contributed by atoms with E-state index in [1.165, 1.54) is 0 Å². The monoisotopic (exact) mass is 463 g/mol. The summed E-state index contributed by atoms with van der Waals surface area (Å²) in [7, 11) is 0. The minimum absolute atomic E-state index is 0.0721. The van der Waals surface area contributed by atoms with Crippen LogP contribution < -0.4 is 0 Å². The predicted octanol–water partition coefficient (Wildman–Crippen LogP) is 5.63. The Morgan fingerprint density at radius 2 is 1.65 bits per heavy atom. The Hall–Kier alpha value is -3.25. The number of fused-ring (bicyclic) bond motifs is 2. The summed E-state index contributed by atoms with van der Waals surface area (Å²) in [6.45, 7) is 5.73. The lowest BCUT2D eigenvalue weighted by Gasteiger charge is -2.25. The van der Waals surface area contributed by atoms with E-state index in [9.17, 15) is 9.59 Å². The number of benzene rings is 3. The van der Waals surface area contributed by atoms with Crippen molar-refractivity contribution in [2.75, 3.05) is 13.2 Å². The van der Waals surface area contributed by atoms with Crippen LogP contribution >= 0.6 is 0 Å². The Labute approximate surface area is 200 Å².